The Morgan fingerprint density at radius 3 is 2.22 bits per heavy atom. The van der Waals surface area contributed by atoms with Gasteiger partial charge in [-0.1, -0.05) is 41.9 Å². The van der Waals surface area contributed by atoms with Crippen molar-refractivity contribution < 1.29 is 23.1 Å². The van der Waals surface area contributed by atoms with Crippen LogP contribution in [-0.2, 0) is 17.8 Å². The Morgan fingerprint density at radius 2 is 1.69 bits per heavy atom. The number of rotatable bonds is 5. The highest BCUT2D eigenvalue weighted by Crippen LogP contribution is 2.16. The van der Waals surface area contributed by atoms with Crippen LogP contribution in [0.3, 0.4) is 0 Å². The Labute approximate surface area is 210 Å². The minimum absolute atomic E-state index is 0.214. The van der Waals surface area contributed by atoms with Gasteiger partial charge >= 0.3 is 17.8 Å². The number of carboxylic acids is 1. The average molecular weight is 568 g/mol. The first-order chi connectivity index (χ1) is 16.9. The molecule has 0 aliphatic rings. The van der Waals surface area contributed by atoms with Crippen LogP contribution in [0.2, 0.25) is 0 Å². The van der Waals surface area contributed by atoms with Crippen LogP contribution in [-0.4, -0.2) is 41.3 Å². The second-order valence-electron chi connectivity index (χ2n) is 8.12. The summed E-state index contributed by atoms with van der Waals surface area (Å²) in [5.74, 6) is -1.90. The lowest BCUT2D eigenvalue weighted by molar-refractivity contribution is -0.192. The van der Waals surface area contributed by atoms with Gasteiger partial charge in [-0.3, -0.25) is 14.3 Å². The average Bonchev–Trinajstić information content (AvgIpc) is 3.23. The van der Waals surface area contributed by atoms with E-state index in [2.05, 4.69) is 30.9 Å². The van der Waals surface area contributed by atoms with Gasteiger partial charge < -0.3 is 10.1 Å². The number of pyridine rings is 1. The molecule has 4 aromatic rings. The number of nitrogens with one attached hydrogen (secondary N) is 1. The van der Waals surface area contributed by atoms with E-state index in [0.717, 1.165) is 10.0 Å². The SMILES string of the molecule is CC(C)Cn1c(=O)n(-c2ccncc2)c(=O)c2[nH]c(Cc3ccc(Br)cc3)nc21.O=C(O)C(F)(F)F. The zero-order valence-corrected chi connectivity index (χ0v) is 20.7. The molecule has 36 heavy (non-hydrogen) atoms. The fourth-order valence-corrected chi connectivity index (χ4v) is 3.56. The van der Waals surface area contributed by atoms with E-state index in [1.807, 2.05) is 38.1 Å². The van der Waals surface area contributed by atoms with Crippen molar-refractivity contribution in [1.82, 2.24) is 24.1 Å². The molecule has 190 valence electrons. The Balaban J connectivity index is 0.000000454. The zero-order chi connectivity index (χ0) is 26.6. The maximum absolute atomic E-state index is 13.2. The summed E-state index contributed by atoms with van der Waals surface area (Å²) in [5, 5.41) is 7.12. The lowest BCUT2D eigenvalue weighted by Gasteiger charge is -2.12. The highest BCUT2D eigenvalue weighted by Gasteiger charge is 2.38. The number of aromatic nitrogens is 5. The summed E-state index contributed by atoms with van der Waals surface area (Å²) in [5.41, 5.74) is 1.45. The van der Waals surface area contributed by atoms with E-state index in [0.29, 0.717) is 35.6 Å². The van der Waals surface area contributed by atoms with Crippen molar-refractivity contribution in [2.75, 3.05) is 0 Å². The number of fused-ring (bicyclic) bond motifs is 1. The van der Waals surface area contributed by atoms with Crippen LogP contribution in [0, 0.1) is 5.92 Å². The van der Waals surface area contributed by atoms with Crippen molar-refractivity contribution in [1.29, 1.82) is 0 Å². The van der Waals surface area contributed by atoms with Crippen molar-refractivity contribution in [2.24, 2.45) is 5.92 Å². The summed E-state index contributed by atoms with van der Waals surface area (Å²) in [6.07, 6.45) is -1.43. The molecule has 13 heteroatoms. The first kappa shape index (κ1) is 26.9. The molecule has 0 unspecified atom stereocenters. The van der Waals surface area contributed by atoms with Gasteiger partial charge in [-0.2, -0.15) is 13.2 Å². The largest absolute Gasteiger partial charge is 0.490 e. The number of H-pyrrole nitrogens is 1. The molecule has 0 fully saturated rings. The lowest BCUT2D eigenvalue weighted by atomic mass is 10.1. The fraction of sp³-hybridized carbons (Fsp3) is 0.261. The minimum Gasteiger partial charge on any atom is -0.475 e. The highest BCUT2D eigenvalue weighted by atomic mass is 79.9. The molecular formula is C23H21BrF3N5O4. The molecule has 0 saturated carbocycles. The van der Waals surface area contributed by atoms with Crippen LogP contribution in [0.15, 0.2) is 62.9 Å². The van der Waals surface area contributed by atoms with Gasteiger partial charge in [0, 0.05) is 29.8 Å². The number of carboxylic acid groups (broad SMARTS) is 1. The van der Waals surface area contributed by atoms with E-state index in [-0.39, 0.29) is 5.92 Å². The smallest absolute Gasteiger partial charge is 0.475 e. The molecule has 3 aromatic heterocycles. The van der Waals surface area contributed by atoms with Gasteiger partial charge in [0.25, 0.3) is 5.56 Å². The van der Waals surface area contributed by atoms with E-state index in [4.69, 9.17) is 9.90 Å². The summed E-state index contributed by atoms with van der Waals surface area (Å²) in [7, 11) is 0. The number of halogens is 4. The Kier molecular flexibility index (Phi) is 8.13. The van der Waals surface area contributed by atoms with Gasteiger partial charge in [-0.25, -0.2) is 19.1 Å². The standard InChI is InChI=1S/C21H20BrN5O2.C2HF3O2/c1-13(2)12-26-19-18(20(28)27(21(26)29)16-7-9-23-10-8-16)24-17(25-19)11-14-3-5-15(22)6-4-14;3-2(4,5)1(6)7/h3-10,13H,11-12H2,1-2H3,(H,24,25);(H,6,7). The molecule has 0 saturated heterocycles. The predicted octanol–water partition coefficient (Wildman–Crippen LogP) is 3.91. The third kappa shape index (κ3) is 6.27. The summed E-state index contributed by atoms with van der Waals surface area (Å²) in [6, 6.07) is 11.2. The molecule has 0 aliphatic carbocycles. The molecule has 4 rings (SSSR count). The van der Waals surface area contributed by atoms with E-state index in [9.17, 15) is 22.8 Å². The highest BCUT2D eigenvalue weighted by molar-refractivity contribution is 9.10. The van der Waals surface area contributed by atoms with E-state index in [1.54, 1.807) is 29.1 Å². The normalized spacial score (nSPS) is 11.4. The third-order valence-corrected chi connectivity index (χ3v) is 5.35. The molecule has 3 heterocycles. The molecule has 2 N–H and O–H groups in total. The number of carbonyl (C=O) groups is 1. The molecule has 0 atom stereocenters. The molecular weight excluding hydrogens is 547 g/mol. The maximum Gasteiger partial charge on any atom is 0.490 e. The third-order valence-electron chi connectivity index (χ3n) is 4.82. The van der Waals surface area contributed by atoms with Gasteiger partial charge in [-0.15, -0.1) is 0 Å². The minimum atomic E-state index is -5.08. The van der Waals surface area contributed by atoms with Crippen LogP contribution < -0.4 is 11.2 Å². The topological polar surface area (TPSA) is 123 Å². The van der Waals surface area contributed by atoms with Crippen LogP contribution >= 0.6 is 15.9 Å². The number of imidazole rings is 1. The zero-order valence-electron chi connectivity index (χ0n) is 19.1. The van der Waals surface area contributed by atoms with E-state index < -0.39 is 23.4 Å². The van der Waals surface area contributed by atoms with Crippen LogP contribution in [0.4, 0.5) is 13.2 Å². The summed E-state index contributed by atoms with van der Waals surface area (Å²) >= 11 is 3.43. The summed E-state index contributed by atoms with van der Waals surface area (Å²) in [4.78, 5) is 47.0. The number of nitrogens with zero attached hydrogens (tertiary/aromatic N) is 4. The van der Waals surface area contributed by atoms with Crippen molar-refractivity contribution in [3.63, 3.8) is 0 Å². The molecule has 0 aliphatic heterocycles. The van der Waals surface area contributed by atoms with Crippen molar-refractivity contribution >= 4 is 33.1 Å². The molecule has 1 aromatic carbocycles. The van der Waals surface area contributed by atoms with Crippen LogP contribution in [0.1, 0.15) is 25.2 Å². The number of alkyl halides is 3. The quantitative estimate of drug-likeness (QED) is 0.377. The number of benzene rings is 1. The second kappa shape index (κ2) is 10.9. The number of aromatic amines is 1. The second-order valence-corrected chi connectivity index (χ2v) is 9.04. The van der Waals surface area contributed by atoms with Gasteiger partial charge in [0.1, 0.15) is 5.82 Å². The van der Waals surface area contributed by atoms with E-state index >= 15 is 0 Å². The Bertz CT molecular complexity index is 1480. The van der Waals surface area contributed by atoms with Crippen molar-refractivity contribution in [2.45, 2.75) is 33.0 Å². The first-order valence-corrected chi connectivity index (χ1v) is 11.4. The van der Waals surface area contributed by atoms with Gasteiger partial charge in [0.15, 0.2) is 11.2 Å². The van der Waals surface area contributed by atoms with Gasteiger partial charge in [0.2, 0.25) is 0 Å². The first-order valence-electron chi connectivity index (χ1n) is 10.6. The lowest BCUT2D eigenvalue weighted by Crippen LogP contribution is -2.39. The summed E-state index contributed by atoms with van der Waals surface area (Å²) < 4.78 is 35.5. The number of aliphatic carboxylic acids is 1. The maximum atomic E-state index is 13.2. The van der Waals surface area contributed by atoms with Crippen LogP contribution in [0.25, 0.3) is 16.9 Å². The van der Waals surface area contributed by atoms with Gasteiger partial charge in [-0.05, 0) is 35.7 Å². The van der Waals surface area contributed by atoms with Crippen LogP contribution in [0.5, 0.6) is 0 Å². The monoisotopic (exact) mass is 567 g/mol. The number of hydrogen-bond donors (Lipinski definition) is 2. The summed E-state index contributed by atoms with van der Waals surface area (Å²) in [6.45, 7) is 4.51. The molecule has 0 spiro atoms. The Hall–Kier alpha value is -3.74. The number of hydrogen-bond acceptors (Lipinski definition) is 5. The van der Waals surface area contributed by atoms with E-state index in [1.165, 1.54) is 4.57 Å². The Morgan fingerprint density at radius 1 is 1.11 bits per heavy atom. The van der Waals surface area contributed by atoms with Crippen molar-refractivity contribution in [3.8, 4) is 5.69 Å². The fourth-order valence-electron chi connectivity index (χ4n) is 3.30. The van der Waals surface area contributed by atoms with Crippen molar-refractivity contribution in [3.05, 3.63) is 85.5 Å². The molecule has 0 amide bonds. The molecule has 9 nitrogen and oxygen atoms in total. The molecule has 0 bridgehead atoms. The molecule has 0 radical (unpaired) electrons. The predicted molar refractivity (Wildman–Crippen MR) is 129 cm³/mol. The van der Waals surface area contributed by atoms with Gasteiger partial charge in [0.05, 0.1) is 5.69 Å².